The number of methoxy groups -OCH3 is 1. The Hall–Kier alpha value is -3.06. The van der Waals surface area contributed by atoms with E-state index in [2.05, 4.69) is 0 Å². The van der Waals surface area contributed by atoms with Gasteiger partial charge in [0.25, 0.3) is 0 Å². The molecule has 1 N–H and O–H groups in total. The number of benzene rings is 2. The van der Waals surface area contributed by atoms with E-state index in [1.54, 1.807) is 20.1 Å². The van der Waals surface area contributed by atoms with Gasteiger partial charge in [0.1, 0.15) is 11.7 Å². The first kappa shape index (κ1) is 19.3. The largest absolute Gasteiger partial charge is 0.497 e. The van der Waals surface area contributed by atoms with Gasteiger partial charge in [-0.25, -0.2) is 0 Å². The zero-order valence-electron chi connectivity index (χ0n) is 16.3. The zero-order chi connectivity index (χ0) is 20.4. The minimum Gasteiger partial charge on any atom is -0.497 e. The minimum absolute atomic E-state index is 0.0347. The van der Waals surface area contributed by atoms with Crippen molar-refractivity contribution in [2.24, 2.45) is 10.9 Å². The maximum atomic E-state index is 12.9. The smallest absolute Gasteiger partial charge is 0.315 e. The molecule has 2 aliphatic heterocycles. The van der Waals surface area contributed by atoms with E-state index in [9.17, 15) is 9.90 Å². The van der Waals surface area contributed by atoms with Gasteiger partial charge in [0.15, 0.2) is 18.1 Å². The number of hydrogen-bond donors (Lipinski definition) is 1. The van der Waals surface area contributed by atoms with Crippen molar-refractivity contribution in [3.8, 4) is 17.2 Å². The quantitative estimate of drug-likeness (QED) is 0.781. The van der Waals surface area contributed by atoms with Crippen molar-refractivity contribution in [1.82, 2.24) is 0 Å². The molecular formula is C22H23NO6. The van der Waals surface area contributed by atoms with E-state index in [0.717, 1.165) is 16.9 Å². The molecule has 2 aromatic carbocycles. The van der Waals surface area contributed by atoms with Gasteiger partial charge >= 0.3 is 5.97 Å². The molecule has 0 radical (unpaired) electrons. The number of carbonyl (C=O) groups is 1. The molecule has 0 aliphatic carbocycles. The third-order valence-electron chi connectivity index (χ3n) is 5.12. The van der Waals surface area contributed by atoms with Gasteiger partial charge in [0.05, 0.1) is 19.4 Å². The minimum atomic E-state index is -1.01. The Morgan fingerprint density at radius 2 is 2.03 bits per heavy atom. The number of para-hydroxylation sites is 1. The van der Waals surface area contributed by atoms with Gasteiger partial charge in [0, 0.05) is 18.0 Å². The van der Waals surface area contributed by atoms with Gasteiger partial charge in [-0.05, 0) is 42.8 Å². The Balaban J connectivity index is 1.71. The van der Waals surface area contributed by atoms with Crippen LogP contribution in [0.25, 0.3) is 0 Å². The fourth-order valence-corrected chi connectivity index (χ4v) is 3.82. The van der Waals surface area contributed by atoms with Gasteiger partial charge in [-0.2, -0.15) is 0 Å². The normalized spacial score (nSPS) is 22.7. The molecule has 0 spiro atoms. The number of fused-ring (bicyclic) bond motifs is 1. The highest BCUT2D eigenvalue weighted by atomic mass is 16.7. The molecule has 0 saturated heterocycles. The summed E-state index contributed by atoms with van der Waals surface area (Å²) in [6.45, 7) is 2.53. The number of rotatable bonds is 5. The fraction of sp³-hybridized carbons (Fsp3) is 0.364. The van der Waals surface area contributed by atoms with E-state index in [-0.39, 0.29) is 25.1 Å². The third kappa shape index (κ3) is 3.65. The predicted octanol–water partition coefficient (Wildman–Crippen LogP) is 2.55. The van der Waals surface area contributed by atoms with Crippen LogP contribution in [0, 0.1) is 5.92 Å². The molecular weight excluding hydrogens is 374 g/mol. The highest BCUT2D eigenvalue weighted by Crippen LogP contribution is 2.44. The molecule has 7 nitrogen and oxygen atoms in total. The highest BCUT2D eigenvalue weighted by Gasteiger charge is 2.42. The lowest BCUT2D eigenvalue weighted by molar-refractivity contribution is -0.145. The number of aliphatic hydroxyl groups is 1. The molecule has 0 amide bonds. The summed E-state index contributed by atoms with van der Waals surface area (Å²) in [6, 6.07) is 12.9. The van der Waals surface area contributed by atoms with Crippen molar-refractivity contribution < 1.29 is 28.8 Å². The van der Waals surface area contributed by atoms with Crippen LogP contribution in [0.3, 0.4) is 0 Å². The molecule has 7 heteroatoms. The molecule has 152 valence electrons. The second-order valence-electron chi connectivity index (χ2n) is 6.85. The fourth-order valence-electron chi connectivity index (χ4n) is 3.82. The molecule has 3 atom stereocenters. The van der Waals surface area contributed by atoms with E-state index in [1.807, 2.05) is 36.4 Å². The monoisotopic (exact) mass is 397 g/mol. The summed E-state index contributed by atoms with van der Waals surface area (Å²) < 4.78 is 21.8. The number of aliphatic hydroxyl groups excluding tert-OH is 1. The molecule has 2 heterocycles. The van der Waals surface area contributed by atoms with Crippen molar-refractivity contribution >= 4 is 11.7 Å². The van der Waals surface area contributed by atoms with E-state index < -0.39 is 12.2 Å². The summed E-state index contributed by atoms with van der Waals surface area (Å²) in [5, 5.41) is 9.70. The van der Waals surface area contributed by atoms with Crippen molar-refractivity contribution in [1.29, 1.82) is 0 Å². The van der Waals surface area contributed by atoms with Crippen LogP contribution < -0.4 is 14.2 Å². The van der Waals surface area contributed by atoms with Gasteiger partial charge < -0.3 is 24.1 Å². The van der Waals surface area contributed by atoms with Gasteiger partial charge in [-0.3, -0.25) is 9.79 Å². The maximum Gasteiger partial charge on any atom is 0.315 e. The second kappa shape index (κ2) is 8.13. The zero-order valence-corrected chi connectivity index (χ0v) is 16.3. The highest BCUT2D eigenvalue weighted by molar-refractivity contribution is 6.13. The van der Waals surface area contributed by atoms with Crippen LogP contribution >= 0.6 is 0 Å². The van der Waals surface area contributed by atoms with Crippen LogP contribution in [0.2, 0.25) is 0 Å². The number of nitrogens with zero attached hydrogens (tertiary/aromatic N) is 1. The third-order valence-corrected chi connectivity index (χ3v) is 5.12. The van der Waals surface area contributed by atoms with Crippen LogP contribution in [0.4, 0.5) is 0 Å². The van der Waals surface area contributed by atoms with Crippen molar-refractivity contribution in [2.45, 2.75) is 19.1 Å². The Bertz CT molecular complexity index is 923. The molecule has 0 fully saturated rings. The molecule has 2 aliphatic rings. The summed E-state index contributed by atoms with van der Waals surface area (Å²) in [4.78, 5) is 17.6. The molecule has 2 aromatic rings. The number of esters is 1. The van der Waals surface area contributed by atoms with Crippen LogP contribution in [-0.4, -0.2) is 49.9 Å². The summed E-state index contributed by atoms with van der Waals surface area (Å²) in [5.74, 6) is 0.604. The molecule has 29 heavy (non-hydrogen) atoms. The Morgan fingerprint density at radius 1 is 1.24 bits per heavy atom. The SMILES string of the molecule is CCOC(=O)C1C(c2ccc(OC)cc2)=NCC1c1cccc2c1OCC(O)O2. The predicted molar refractivity (Wildman–Crippen MR) is 106 cm³/mol. The Morgan fingerprint density at radius 3 is 2.76 bits per heavy atom. The number of carbonyl (C=O) groups excluding carboxylic acids is 1. The van der Waals surface area contributed by atoms with Crippen LogP contribution in [-0.2, 0) is 9.53 Å². The summed E-state index contributed by atoms with van der Waals surface area (Å²) in [5.41, 5.74) is 2.36. The maximum absolute atomic E-state index is 12.9. The molecule has 0 bridgehead atoms. The van der Waals surface area contributed by atoms with Gasteiger partial charge in [0.2, 0.25) is 6.29 Å². The first-order valence-electron chi connectivity index (χ1n) is 9.58. The van der Waals surface area contributed by atoms with Crippen LogP contribution in [0.1, 0.15) is 24.0 Å². The molecule has 0 aromatic heterocycles. The van der Waals surface area contributed by atoms with Crippen molar-refractivity contribution in [3.05, 3.63) is 53.6 Å². The van der Waals surface area contributed by atoms with Crippen LogP contribution in [0.15, 0.2) is 47.5 Å². The topological polar surface area (TPSA) is 86.6 Å². The first-order valence-corrected chi connectivity index (χ1v) is 9.58. The Labute approximate surface area is 168 Å². The summed E-state index contributed by atoms with van der Waals surface area (Å²) in [6.07, 6.45) is -1.01. The average Bonchev–Trinajstić information content (AvgIpc) is 3.18. The van der Waals surface area contributed by atoms with Gasteiger partial charge in [-0.1, -0.05) is 12.1 Å². The lowest BCUT2D eigenvalue weighted by Crippen LogP contribution is -2.32. The van der Waals surface area contributed by atoms with E-state index >= 15 is 0 Å². The van der Waals surface area contributed by atoms with E-state index in [0.29, 0.717) is 23.8 Å². The van der Waals surface area contributed by atoms with Crippen LogP contribution in [0.5, 0.6) is 17.2 Å². The molecule has 0 saturated carbocycles. The lowest BCUT2D eigenvalue weighted by atomic mass is 9.82. The van der Waals surface area contributed by atoms with Crippen molar-refractivity contribution in [3.63, 3.8) is 0 Å². The first-order chi connectivity index (χ1) is 14.1. The summed E-state index contributed by atoms with van der Waals surface area (Å²) in [7, 11) is 1.61. The Kier molecular flexibility index (Phi) is 5.40. The standard InChI is InChI=1S/C22H23NO6/c1-3-27-22(25)19-16(11-23-20(19)13-7-9-14(26-2)10-8-13)15-5-4-6-17-21(15)28-12-18(24)29-17/h4-10,16,18-19,24H,3,11-12H2,1-2H3. The van der Waals surface area contributed by atoms with E-state index in [1.165, 1.54) is 0 Å². The number of aliphatic imine (C=N–C) groups is 1. The van der Waals surface area contributed by atoms with Gasteiger partial charge in [-0.15, -0.1) is 0 Å². The number of hydrogen-bond acceptors (Lipinski definition) is 7. The van der Waals surface area contributed by atoms with Crippen molar-refractivity contribution in [2.75, 3.05) is 26.9 Å². The average molecular weight is 397 g/mol. The molecule has 4 rings (SSSR count). The molecule has 3 unspecified atom stereocenters. The van der Waals surface area contributed by atoms with E-state index in [4.69, 9.17) is 23.9 Å². The lowest BCUT2D eigenvalue weighted by Gasteiger charge is -2.28. The number of ether oxygens (including phenoxy) is 4. The summed E-state index contributed by atoms with van der Waals surface area (Å²) >= 11 is 0. The second-order valence-corrected chi connectivity index (χ2v) is 6.85.